The van der Waals surface area contributed by atoms with E-state index in [1.807, 2.05) is 0 Å². The van der Waals surface area contributed by atoms with Gasteiger partial charge in [-0.3, -0.25) is 14.9 Å². The first-order valence-electron chi connectivity index (χ1n) is 5.69. The van der Waals surface area contributed by atoms with E-state index in [0.717, 1.165) is 5.69 Å². The van der Waals surface area contributed by atoms with Crippen LogP contribution in [0.1, 0.15) is 16.1 Å². The summed E-state index contributed by atoms with van der Waals surface area (Å²) in [7, 11) is 1.33. The maximum Gasteiger partial charge on any atom is 0.311 e. The molecule has 1 amide bonds. The van der Waals surface area contributed by atoms with Crippen molar-refractivity contribution >= 4 is 11.6 Å². The number of nitrogens with zero attached hydrogens (tertiary/aromatic N) is 2. The van der Waals surface area contributed by atoms with E-state index in [0.29, 0.717) is 0 Å². The van der Waals surface area contributed by atoms with Gasteiger partial charge in [0.1, 0.15) is 0 Å². The summed E-state index contributed by atoms with van der Waals surface area (Å²) in [6, 6.07) is 4.04. The molecule has 0 radical (unpaired) electrons. The van der Waals surface area contributed by atoms with Gasteiger partial charge in [0.2, 0.25) is 0 Å². The third-order valence-electron chi connectivity index (χ3n) is 2.63. The molecule has 1 heterocycles. The number of carbonyl (C=O) groups excluding carboxylic acids is 1. The molecule has 104 valence electrons. The predicted molar refractivity (Wildman–Crippen MR) is 69.4 cm³/mol. The minimum absolute atomic E-state index is 0.111. The predicted octanol–water partition coefficient (Wildman–Crippen LogP) is 1.26. The molecule has 0 atom stereocenters. The number of H-pyrrole nitrogens is 1. The van der Waals surface area contributed by atoms with Crippen LogP contribution < -0.4 is 10.1 Å². The molecule has 2 rings (SSSR count). The molecule has 0 aliphatic carbocycles. The second kappa shape index (κ2) is 5.83. The first kappa shape index (κ1) is 13.5. The summed E-state index contributed by atoms with van der Waals surface area (Å²) >= 11 is 0. The summed E-state index contributed by atoms with van der Waals surface area (Å²) in [5, 5.41) is 13.5. The van der Waals surface area contributed by atoms with Gasteiger partial charge in [-0.2, -0.15) is 0 Å². The van der Waals surface area contributed by atoms with Crippen molar-refractivity contribution in [3.63, 3.8) is 0 Å². The summed E-state index contributed by atoms with van der Waals surface area (Å²) < 4.78 is 4.87. The lowest BCUT2D eigenvalue weighted by Crippen LogP contribution is -2.23. The highest BCUT2D eigenvalue weighted by atomic mass is 16.6. The van der Waals surface area contributed by atoms with Crippen molar-refractivity contribution in [3.8, 4) is 5.75 Å². The van der Waals surface area contributed by atoms with Crippen LogP contribution in [0.25, 0.3) is 0 Å². The molecule has 0 spiro atoms. The van der Waals surface area contributed by atoms with E-state index in [1.54, 1.807) is 6.20 Å². The Balaban J connectivity index is 2.13. The fraction of sp³-hybridized carbons (Fsp3) is 0.167. The molecule has 0 saturated heterocycles. The lowest BCUT2D eigenvalue weighted by molar-refractivity contribution is -0.385. The van der Waals surface area contributed by atoms with Gasteiger partial charge in [-0.05, 0) is 12.1 Å². The van der Waals surface area contributed by atoms with Crippen LogP contribution >= 0.6 is 0 Å². The minimum Gasteiger partial charge on any atom is -0.490 e. The summed E-state index contributed by atoms with van der Waals surface area (Å²) in [5.74, 6) is -0.300. The van der Waals surface area contributed by atoms with Gasteiger partial charge in [0, 0.05) is 17.8 Å². The summed E-state index contributed by atoms with van der Waals surface area (Å²) in [5.41, 5.74) is 0.681. The summed E-state index contributed by atoms with van der Waals surface area (Å²) in [6.45, 7) is 0.263. The molecule has 2 N–H and O–H groups in total. The van der Waals surface area contributed by atoms with Crippen LogP contribution in [0.4, 0.5) is 5.69 Å². The molecular weight excluding hydrogens is 264 g/mol. The number of ether oxygens (including phenoxy) is 1. The number of hydrogen-bond acceptors (Lipinski definition) is 5. The molecule has 0 aliphatic heterocycles. The molecule has 1 aromatic carbocycles. The number of rotatable bonds is 5. The zero-order valence-electron chi connectivity index (χ0n) is 10.6. The van der Waals surface area contributed by atoms with Gasteiger partial charge in [0.25, 0.3) is 5.91 Å². The average Bonchev–Trinajstić information content (AvgIpc) is 2.97. The molecule has 0 saturated carbocycles. The fourth-order valence-corrected chi connectivity index (χ4v) is 1.63. The normalized spacial score (nSPS) is 10.1. The van der Waals surface area contributed by atoms with Crippen molar-refractivity contribution in [2.24, 2.45) is 0 Å². The number of nitro groups is 1. The minimum atomic E-state index is -0.593. The van der Waals surface area contributed by atoms with Crippen molar-refractivity contribution in [1.82, 2.24) is 15.3 Å². The first-order valence-corrected chi connectivity index (χ1v) is 5.69. The third-order valence-corrected chi connectivity index (χ3v) is 2.63. The monoisotopic (exact) mass is 276 g/mol. The van der Waals surface area contributed by atoms with Gasteiger partial charge in [-0.15, -0.1) is 0 Å². The van der Waals surface area contributed by atoms with Crippen LogP contribution in [-0.2, 0) is 6.54 Å². The van der Waals surface area contributed by atoms with Gasteiger partial charge >= 0.3 is 5.69 Å². The number of imidazole rings is 1. The molecule has 0 unspecified atom stereocenters. The zero-order chi connectivity index (χ0) is 14.5. The molecule has 0 fully saturated rings. The average molecular weight is 276 g/mol. The number of methoxy groups -OCH3 is 1. The highest BCUT2D eigenvalue weighted by Crippen LogP contribution is 2.27. The molecule has 0 bridgehead atoms. The molecule has 1 aromatic heterocycles. The fourth-order valence-electron chi connectivity index (χ4n) is 1.63. The second-order valence-electron chi connectivity index (χ2n) is 3.90. The van der Waals surface area contributed by atoms with Crippen molar-refractivity contribution in [1.29, 1.82) is 0 Å². The Morgan fingerprint density at radius 2 is 2.35 bits per heavy atom. The topological polar surface area (TPSA) is 110 Å². The molecule has 8 nitrogen and oxygen atoms in total. The Bertz CT molecular complexity index is 624. The standard InChI is InChI=1S/C12H12N4O4/c1-20-11-3-2-8(4-10(11)16(18)19)12(17)14-6-9-5-13-7-15-9/h2-5,7H,6H2,1H3,(H,13,15)(H,14,17). The van der Waals surface area contributed by atoms with Gasteiger partial charge in [-0.1, -0.05) is 0 Å². The van der Waals surface area contributed by atoms with Crippen LogP contribution in [0, 0.1) is 10.1 Å². The Morgan fingerprint density at radius 3 is 2.95 bits per heavy atom. The van der Waals surface area contributed by atoms with Gasteiger partial charge in [0.15, 0.2) is 5.75 Å². The maximum atomic E-state index is 11.9. The van der Waals surface area contributed by atoms with Gasteiger partial charge in [0.05, 0.1) is 30.6 Å². The van der Waals surface area contributed by atoms with Crippen molar-refractivity contribution in [2.75, 3.05) is 7.11 Å². The van der Waals surface area contributed by atoms with Crippen LogP contribution in [0.5, 0.6) is 5.75 Å². The first-order chi connectivity index (χ1) is 9.61. The molecule has 20 heavy (non-hydrogen) atoms. The summed E-state index contributed by atoms with van der Waals surface area (Å²) in [4.78, 5) is 28.9. The highest BCUT2D eigenvalue weighted by molar-refractivity contribution is 5.95. The van der Waals surface area contributed by atoms with E-state index in [2.05, 4.69) is 15.3 Å². The number of carbonyl (C=O) groups is 1. The molecule has 0 aliphatic rings. The van der Waals surface area contributed by atoms with E-state index >= 15 is 0 Å². The number of aromatic nitrogens is 2. The van der Waals surface area contributed by atoms with Gasteiger partial charge < -0.3 is 15.0 Å². The number of amides is 1. The Kier molecular flexibility index (Phi) is 3.94. The lowest BCUT2D eigenvalue weighted by atomic mass is 10.1. The van der Waals surface area contributed by atoms with Gasteiger partial charge in [-0.25, -0.2) is 4.98 Å². The second-order valence-corrected chi connectivity index (χ2v) is 3.90. The van der Waals surface area contributed by atoms with E-state index in [1.165, 1.54) is 31.6 Å². The SMILES string of the molecule is COc1ccc(C(=O)NCc2cnc[nH]2)cc1[N+](=O)[O-]. The van der Waals surface area contributed by atoms with Crippen LogP contribution in [0.2, 0.25) is 0 Å². The van der Waals surface area contributed by atoms with Crippen molar-refractivity contribution in [2.45, 2.75) is 6.54 Å². The Hall–Kier alpha value is -2.90. The van der Waals surface area contributed by atoms with Crippen LogP contribution in [0.15, 0.2) is 30.7 Å². The summed E-state index contributed by atoms with van der Waals surface area (Å²) in [6.07, 6.45) is 3.08. The van der Waals surface area contributed by atoms with Crippen molar-refractivity contribution in [3.05, 3.63) is 52.1 Å². The van der Waals surface area contributed by atoms with Crippen molar-refractivity contribution < 1.29 is 14.5 Å². The number of aromatic amines is 1. The molecule has 2 aromatic rings. The van der Waals surface area contributed by atoms with E-state index < -0.39 is 10.8 Å². The van der Waals surface area contributed by atoms with E-state index in [4.69, 9.17) is 4.74 Å². The lowest BCUT2D eigenvalue weighted by Gasteiger charge is -2.06. The number of nitro benzene ring substituents is 1. The Labute approximate surface area is 113 Å². The number of benzene rings is 1. The number of hydrogen-bond donors (Lipinski definition) is 2. The molecule has 8 heteroatoms. The zero-order valence-corrected chi connectivity index (χ0v) is 10.6. The number of nitrogens with one attached hydrogen (secondary N) is 2. The maximum absolute atomic E-state index is 11.9. The Morgan fingerprint density at radius 1 is 1.55 bits per heavy atom. The molecular formula is C12H12N4O4. The third kappa shape index (κ3) is 2.91. The largest absolute Gasteiger partial charge is 0.490 e. The smallest absolute Gasteiger partial charge is 0.311 e. The van der Waals surface area contributed by atoms with Crippen LogP contribution in [-0.4, -0.2) is 27.9 Å². The van der Waals surface area contributed by atoms with Crippen LogP contribution in [0.3, 0.4) is 0 Å². The van der Waals surface area contributed by atoms with E-state index in [-0.39, 0.29) is 23.5 Å². The highest BCUT2D eigenvalue weighted by Gasteiger charge is 2.18. The quantitative estimate of drug-likeness (QED) is 0.631. The van der Waals surface area contributed by atoms with E-state index in [9.17, 15) is 14.9 Å².